The van der Waals surface area contributed by atoms with E-state index in [2.05, 4.69) is 15.3 Å². The number of aliphatic imine (C=N–C) groups is 2. The van der Waals surface area contributed by atoms with Gasteiger partial charge in [-0.1, -0.05) is 36.0 Å². The fraction of sp³-hybridized carbons (Fsp3) is 0.240. The second kappa shape index (κ2) is 11.1. The highest BCUT2D eigenvalue weighted by Crippen LogP contribution is 2.32. The van der Waals surface area contributed by atoms with Gasteiger partial charge in [-0.2, -0.15) is 0 Å². The molecule has 0 radical (unpaired) electrons. The van der Waals surface area contributed by atoms with Crippen LogP contribution < -0.4 is 24.2 Å². The number of carbonyl (C=O) groups excluding carboxylic acids is 1. The molecular weight excluding hydrogens is 482 g/mol. The van der Waals surface area contributed by atoms with Crippen LogP contribution in [-0.2, 0) is 4.79 Å². The van der Waals surface area contributed by atoms with E-state index in [0.717, 1.165) is 11.8 Å². The Kier molecular flexibility index (Phi) is 7.69. The largest absolute Gasteiger partial charge is 0.861 e. The van der Waals surface area contributed by atoms with E-state index in [0.29, 0.717) is 27.9 Å². The molecule has 36 heavy (non-hydrogen) atoms. The summed E-state index contributed by atoms with van der Waals surface area (Å²) in [6.45, 7) is 3.87. The molecule has 1 amide bonds. The van der Waals surface area contributed by atoms with E-state index < -0.39 is 5.90 Å². The van der Waals surface area contributed by atoms with Crippen LogP contribution in [0.25, 0.3) is 6.08 Å². The Balaban J connectivity index is 1.60. The number of aromatic nitrogens is 2. The van der Waals surface area contributed by atoms with Crippen LogP contribution in [0.15, 0.2) is 74.9 Å². The molecule has 0 spiro atoms. The van der Waals surface area contributed by atoms with Gasteiger partial charge in [0.25, 0.3) is 12.1 Å². The van der Waals surface area contributed by atoms with Gasteiger partial charge in [-0.05, 0) is 60.3 Å². The maximum Gasteiger partial charge on any atom is 0.320 e. The number of amides is 1. The average Bonchev–Trinajstić information content (AvgIpc) is 3.47. The van der Waals surface area contributed by atoms with Crippen molar-refractivity contribution in [3.63, 3.8) is 0 Å². The molecule has 0 N–H and O–H groups in total. The summed E-state index contributed by atoms with van der Waals surface area (Å²) in [5, 5.41) is 16.7. The molecule has 1 aliphatic rings. The van der Waals surface area contributed by atoms with E-state index in [-0.39, 0.29) is 29.3 Å². The first-order valence-electron chi connectivity index (χ1n) is 11.1. The van der Waals surface area contributed by atoms with E-state index in [9.17, 15) is 9.90 Å². The van der Waals surface area contributed by atoms with Crippen LogP contribution in [-0.4, -0.2) is 42.2 Å². The first kappa shape index (κ1) is 25.0. The quantitative estimate of drug-likeness (QED) is 0.199. The van der Waals surface area contributed by atoms with Crippen LogP contribution >= 0.6 is 11.8 Å². The number of rotatable bonds is 8. The zero-order chi connectivity index (χ0) is 25.7. The van der Waals surface area contributed by atoms with Gasteiger partial charge in [0.2, 0.25) is 5.27 Å². The standard InChI is InChI=1S/C25H25N5O5S/c1-16(2)29-14-23(35-28-29)27-22(31)15-36-25-26-19(24(32)30(25)18-8-6-5-7-9-18)12-17-10-11-20(33-3)21(13-17)34-4/h5-14,16H,15H2,1-4H3/b19-12+. The lowest BCUT2D eigenvalue weighted by atomic mass is 10.1. The number of methoxy groups -OCH3 is 2. The topological polar surface area (TPSA) is 116 Å². The SMILES string of the molecule is COc1ccc(/C=C2/N=C(SC/C([O-])=N\c3c[n+](C(C)C)no3)N(c3ccccc3)C2=O)cc1OC. The van der Waals surface area contributed by atoms with Gasteiger partial charge in [-0.25, -0.2) is 9.98 Å². The summed E-state index contributed by atoms with van der Waals surface area (Å²) in [5.74, 6) is 0.447. The van der Waals surface area contributed by atoms with Crippen molar-refractivity contribution in [2.45, 2.75) is 19.9 Å². The molecule has 1 aliphatic heterocycles. The zero-order valence-corrected chi connectivity index (χ0v) is 21.1. The van der Waals surface area contributed by atoms with Crippen molar-refractivity contribution in [3.8, 4) is 11.5 Å². The molecule has 0 saturated heterocycles. The van der Waals surface area contributed by atoms with Crippen molar-refractivity contribution < 1.29 is 28.6 Å². The summed E-state index contributed by atoms with van der Waals surface area (Å²) in [6, 6.07) is 14.5. The van der Waals surface area contributed by atoms with Gasteiger partial charge in [0, 0.05) is 5.75 Å². The lowest BCUT2D eigenvalue weighted by molar-refractivity contribution is -0.779. The molecular formula is C25H25N5O5S. The number of amidine groups is 1. The zero-order valence-electron chi connectivity index (χ0n) is 20.2. The van der Waals surface area contributed by atoms with Crippen LogP contribution in [0.5, 0.6) is 11.5 Å². The Morgan fingerprint density at radius 3 is 2.61 bits per heavy atom. The number of hydrogen-bond acceptors (Lipinski definition) is 9. The molecule has 0 saturated carbocycles. The lowest BCUT2D eigenvalue weighted by Crippen LogP contribution is -2.36. The van der Waals surface area contributed by atoms with Crippen molar-refractivity contribution in [1.82, 2.24) is 5.27 Å². The number of ether oxygens (including phenoxy) is 2. The van der Waals surface area contributed by atoms with Gasteiger partial charge in [0.05, 0.1) is 19.9 Å². The van der Waals surface area contributed by atoms with E-state index in [1.54, 1.807) is 61.5 Å². The van der Waals surface area contributed by atoms with E-state index in [1.165, 1.54) is 4.90 Å². The number of anilines is 1. The summed E-state index contributed by atoms with van der Waals surface area (Å²) in [5.41, 5.74) is 1.59. The first-order valence-corrected chi connectivity index (χ1v) is 12.1. The molecule has 0 fully saturated rings. The van der Waals surface area contributed by atoms with Crippen LogP contribution in [0.1, 0.15) is 25.5 Å². The highest BCUT2D eigenvalue weighted by molar-refractivity contribution is 8.14. The maximum atomic E-state index is 13.3. The minimum Gasteiger partial charge on any atom is -0.861 e. The predicted octanol–water partition coefficient (Wildman–Crippen LogP) is 3.13. The summed E-state index contributed by atoms with van der Waals surface area (Å²) in [6.07, 6.45) is 3.23. The third kappa shape index (κ3) is 5.57. The number of benzene rings is 2. The van der Waals surface area contributed by atoms with Gasteiger partial charge >= 0.3 is 5.88 Å². The molecule has 0 unspecified atom stereocenters. The number of para-hydroxylation sites is 1. The molecule has 0 atom stereocenters. The number of thioether (sulfide) groups is 1. The number of hydrogen-bond donors (Lipinski definition) is 0. The van der Waals surface area contributed by atoms with Crippen LogP contribution in [0.3, 0.4) is 0 Å². The van der Waals surface area contributed by atoms with E-state index in [4.69, 9.17) is 14.0 Å². The van der Waals surface area contributed by atoms with E-state index >= 15 is 0 Å². The van der Waals surface area contributed by atoms with Gasteiger partial charge in [0.1, 0.15) is 5.70 Å². The van der Waals surface area contributed by atoms with Gasteiger partial charge in [0.15, 0.2) is 22.7 Å². The third-order valence-electron chi connectivity index (χ3n) is 5.12. The molecule has 10 nitrogen and oxygen atoms in total. The smallest absolute Gasteiger partial charge is 0.320 e. The van der Waals surface area contributed by atoms with E-state index in [1.807, 2.05) is 32.0 Å². The number of carbonyl (C=O) groups is 1. The van der Waals surface area contributed by atoms with Crippen LogP contribution in [0, 0.1) is 0 Å². The van der Waals surface area contributed by atoms with Crippen molar-refractivity contribution in [1.29, 1.82) is 0 Å². The molecule has 0 bridgehead atoms. The minimum atomic E-state index is -0.437. The Bertz CT molecular complexity index is 1330. The Labute approximate surface area is 212 Å². The molecule has 11 heteroatoms. The molecule has 3 aromatic rings. The fourth-order valence-corrected chi connectivity index (χ4v) is 4.12. The monoisotopic (exact) mass is 507 g/mol. The summed E-state index contributed by atoms with van der Waals surface area (Å²) < 4.78 is 17.3. The molecule has 1 aromatic heterocycles. The van der Waals surface area contributed by atoms with Crippen LogP contribution in [0.2, 0.25) is 0 Å². The van der Waals surface area contributed by atoms with Crippen molar-refractivity contribution in [3.05, 3.63) is 66.0 Å². The van der Waals surface area contributed by atoms with Crippen molar-refractivity contribution in [2.24, 2.45) is 9.98 Å². The maximum absolute atomic E-state index is 13.3. The van der Waals surface area contributed by atoms with Gasteiger partial charge < -0.3 is 14.6 Å². The Hall–Kier alpha value is -4.12. The molecule has 0 aliphatic carbocycles. The molecule has 2 heterocycles. The summed E-state index contributed by atoms with van der Waals surface area (Å²) >= 11 is 1.12. The number of nitrogens with zero attached hydrogens (tertiary/aromatic N) is 5. The average molecular weight is 508 g/mol. The van der Waals surface area contributed by atoms with Crippen molar-refractivity contribution >= 4 is 46.4 Å². The summed E-state index contributed by atoms with van der Waals surface area (Å²) in [7, 11) is 3.10. The van der Waals surface area contributed by atoms with Gasteiger partial charge in [-0.15, -0.1) is 0 Å². The molecule has 186 valence electrons. The molecule has 4 rings (SSSR count). The minimum absolute atomic E-state index is 0.0402. The Morgan fingerprint density at radius 1 is 1.19 bits per heavy atom. The highest BCUT2D eigenvalue weighted by atomic mass is 32.2. The van der Waals surface area contributed by atoms with Crippen molar-refractivity contribution in [2.75, 3.05) is 24.9 Å². The fourth-order valence-electron chi connectivity index (χ4n) is 3.32. The second-order valence-electron chi connectivity index (χ2n) is 7.92. The predicted molar refractivity (Wildman–Crippen MR) is 136 cm³/mol. The van der Waals surface area contributed by atoms with Crippen LogP contribution in [0.4, 0.5) is 11.6 Å². The normalized spacial score (nSPS) is 15.1. The molecule has 2 aromatic carbocycles. The summed E-state index contributed by atoms with van der Waals surface area (Å²) in [4.78, 5) is 23.3. The third-order valence-corrected chi connectivity index (χ3v) is 6.04. The lowest BCUT2D eigenvalue weighted by Gasteiger charge is -2.18. The Morgan fingerprint density at radius 2 is 1.94 bits per heavy atom. The first-order chi connectivity index (χ1) is 17.4. The van der Waals surface area contributed by atoms with Gasteiger partial charge in [-0.3, -0.25) is 14.2 Å². The second-order valence-corrected chi connectivity index (χ2v) is 8.87. The highest BCUT2D eigenvalue weighted by Gasteiger charge is 2.32.